The van der Waals surface area contributed by atoms with Gasteiger partial charge in [0.2, 0.25) is 5.91 Å². The molecule has 0 bridgehead atoms. The lowest BCUT2D eigenvalue weighted by Gasteiger charge is -2.25. The van der Waals surface area contributed by atoms with Gasteiger partial charge in [-0.1, -0.05) is 59.5 Å². The second kappa shape index (κ2) is 7.58. The van der Waals surface area contributed by atoms with Crippen LogP contribution < -0.4 is 4.90 Å². The zero-order valence-electron chi connectivity index (χ0n) is 15.0. The average Bonchev–Trinajstić information content (AvgIpc) is 3.20. The normalized spacial score (nSPS) is 17.0. The van der Waals surface area contributed by atoms with Crippen molar-refractivity contribution < 1.29 is 4.79 Å². The third-order valence-corrected chi connectivity index (χ3v) is 7.00. The lowest BCUT2D eigenvalue weighted by molar-refractivity contribution is -0.118. The van der Waals surface area contributed by atoms with E-state index in [4.69, 9.17) is 12.2 Å². The third-order valence-electron chi connectivity index (χ3n) is 4.60. The van der Waals surface area contributed by atoms with Gasteiger partial charge in [-0.15, -0.1) is 5.10 Å². The lowest BCUT2D eigenvalue weighted by atomic mass is 10.1. The van der Waals surface area contributed by atoms with Crippen molar-refractivity contribution in [1.29, 1.82) is 0 Å². The number of rotatable bonds is 4. The van der Waals surface area contributed by atoms with Crippen molar-refractivity contribution in [3.8, 4) is 5.69 Å². The molecule has 0 saturated heterocycles. The molecule has 4 rings (SSSR count). The van der Waals surface area contributed by atoms with Crippen molar-refractivity contribution in [2.45, 2.75) is 35.9 Å². The number of amides is 1. The van der Waals surface area contributed by atoms with E-state index in [0.717, 1.165) is 22.1 Å². The zero-order chi connectivity index (χ0) is 19.0. The molecule has 27 heavy (non-hydrogen) atoms. The molecule has 1 amide bonds. The van der Waals surface area contributed by atoms with Gasteiger partial charge >= 0.3 is 0 Å². The summed E-state index contributed by atoms with van der Waals surface area (Å²) >= 11 is 8.38. The third kappa shape index (κ3) is 3.59. The summed E-state index contributed by atoms with van der Waals surface area (Å²) in [7, 11) is 0. The van der Waals surface area contributed by atoms with Crippen molar-refractivity contribution in [1.82, 2.24) is 9.78 Å². The van der Waals surface area contributed by atoms with E-state index in [-0.39, 0.29) is 17.2 Å². The van der Waals surface area contributed by atoms with Crippen LogP contribution in [0.15, 0.2) is 58.9 Å². The van der Waals surface area contributed by atoms with Gasteiger partial charge in [-0.25, -0.2) is 4.68 Å². The summed E-state index contributed by atoms with van der Waals surface area (Å²) < 4.78 is 3.25. The first-order valence-corrected chi connectivity index (χ1v) is 10.9. The summed E-state index contributed by atoms with van der Waals surface area (Å²) in [6.45, 7) is 4.04. The van der Waals surface area contributed by atoms with Gasteiger partial charge in [0.25, 0.3) is 0 Å². The highest BCUT2D eigenvalue weighted by Gasteiger charge is 2.33. The SMILES string of the molecule is C[C@@H](Sc1nn(-c2ccccc2)c(=S)s1)C(=O)N1c2ccccc2C[C@@H]1C. The van der Waals surface area contributed by atoms with Crippen LogP contribution in [0.3, 0.4) is 0 Å². The van der Waals surface area contributed by atoms with E-state index in [1.807, 2.05) is 60.4 Å². The smallest absolute Gasteiger partial charge is 0.240 e. The summed E-state index contributed by atoms with van der Waals surface area (Å²) in [5.41, 5.74) is 3.20. The highest BCUT2D eigenvalue weighted by molar-refractivity contribution is 8.02. The van der Waals surface area contributed by atoms with Crippen LogP contribution in [-0.4, -0.2) is 27.0 Å². The Labute approximate surface area is 171 Å². The quantitative estimate of drug-likeness (QED) is 0.439. The van der Waals surface area contributed by atoms with Crippen molar-refractivity contribution >= 4 is 46.9 Å². The molecule has 0 spiro atoms. The van der Waals surface area contributed by atoms with E-state index in [1.54, 1.807) is 4.68 Å². The Balaban J connectivity index is 1.54. The fourth-order valence-electron chi connectivity index (χ4n) is 3.34. The van der Waals surface area contributed by atoms with Crippen LogP contribution in [-0.2, 0) is 11.2 Å². The Hall–Kier alpha value is -1.96. The Morgan fingerprint density at radius 2 is 1.93 bits per heavy atom. The number of hydrogen-bond donors (Lipinski definition) is 0. The van der Waals surface area contributed by atoms with Crippen LogP contribution in [0.25, 0.3) is 5.69 Å². The summed E-state index contributed by atoms with van der Waals surface area (Å²) in [6.07, 6.45) is 0.904. The second-order valence-corrected chi connectivity index (χ2v) is 9.74. The number of anilines is 1. The van der Waals surface area contributed by atoms with Crippen LogP contribution in [0.5, 0.6) is 0 Å². The molecule has 1 aliphatic heterocycles. The van der Waals surface area contributed by atoms with Gasteiger partial charge < -0.3 is 4.90 Å². The fraction of sp³-hybridized carbons (Fsp3) is 0.250. The zero-order valence-corrected chi connectivity index (χ0v) is 17.5. The first-order chi connectivity index (χ1) is 13.0. The Kier molecular flexibility index (Phi) is 5.16. The number of aromatic nitrogens is 2. The average molecular weight is 414 g/mol. The summed E-state index contributed by atoms with van der Waals surface area (Å²) in [5.74, 6) is 0.116. The van der Waals surface area contributed by atoms with E-state index in [0.29, 0.717) is 3.95 Å². The number of nitrogens with zero attached hydrogens (tertiary/aromatic N) is 3. The van der Waals surface area contributed by atoms with Gasteiger partial charge in [0.05, 0.1) is 10.9 Å². The van der Waals surface area contributed by atoms with Gasteiger partial charge in [0.15, 0.2) is 8.29 Å². The molecule has 138 valence electrons. The van der Waals surface area contributed by atoms with Crippen molar-refractivity contribution in [2.75, 3.05) is 4.90 Å². The van der Waals surface area contributed by atoms with Gasteiger partial charge in [-0.05, 0) is 56.2 Å². The number of fused-ring (bicyclic) bond motifs is 1. The predicted octanol–water partition coefficient (Wildman–Crippen LogP) is 5.12. The van der Waals surface area contributed by atoms with Crippen LogP contribution in [0, 0.1) is 3.95 Å². The van der Waals surface area contributed by atoms with E-state index >= 15 is 0 Å². The van der Waals surface area contributed by atoms with Crippen LogP contribution >= 0.6 is 35.3 Å². The van der Waals surface area contributed by atoms with Crippen molar-refractivity contribution in [3.05, 3.63) is 64.1 Å². The monoisotopic (exact) mass is 413 g/mol. The van der Waals surface area contributed by atoms with Crippen LogP contribution in [0.1, 0.15) is 19.4 Å². The number of benzene rings is 2. The maximum atomic E-state index is 13.1. The summed E-state index contributed by atoms with van der Waals surface area (Å²) in [4.78, 5) is 15.1. The molecule has 0 unspecified atom stereocenters. The largest absolute Gasteiger partial charge is 0.308 e. The molecule has 3 aromatic rings. The fourth-order valence-corrected chi connectivity index (χ4v) is 5.89. The Morgan fingerprint density at radius 1 is 1.22 bits per heavy atom. The molecule has 1 aromatic heterocycles. The lowest BCUT2D eigenvalue weighted by Crippen LogP contribution is -2.40. The first-order valence-electron chi connectivity index (χ1n) is 8.78. The predicted molar refractivity (Wildman–Crippen MR) is 115 cm³/mol. The summed E-state index contributed by atoms with van der Waals surface area (Å²) in [6, 6.07) is 18.2. The molecule has 2 aromatic carbocycles. The minimum absolute atomic E-state index is 0.116. The molecule has 0 aliphatic carbocycles. The molecule has 4 nitrogen and oxygen atoms in total. The first kappa shape index (κ1) is 18.4. The van der Waals surface area contributed by atoms with Crippen molar-refractivity contribution in [2.24, 2.45) is 0 Å². The molecular formula is C20H19N3OS3. The van der Waals surface area contributed by atoms with Crippen molar-refractivity contribution in [3.63, 3.8) is 0 Å². The maximum absolute atomic E-state index is 13.1. The van der Waals surface area contributed by atoms with E-state index in [9.17, 15) is 4.79 Å². The Morgan fingerprint density at radius 3 is 2.70 bits per heavy atom. The maximum Gasteiger partial charge on any atom is 0.240 e. The highest BCUT2D eigenvalue weighted by atomic mass is 32.2. The molecule has 7 heteroatoms. The molecule has 2 heterocycles. The number of carbonyl (C=O) groups is 1. The second-order valence-electron chi connectivity index (χ2n) is 6.53. The summed E-state index contributed by atoms with van der Waals surface area (Å²) in [5, 5.41) is 4.38. The van der Waals surface area contributed by atoms with E-state index in [1.165, 1.54) is 28.7 Å². The van der Waals surface area contributed by atoms with Gasteiger partial charge in [-0.2, -0.15) is 0 Å². The Bertz CT molecular complexity index is 1030. The number of para-hydroxylation sites is 2. The van der Waals surface area contributed by atoms with Gasteiger partial charge in [0, 0.05) is 11.7 Å². The van der Waals surface area contributed by atoms with E-state index < -0.39 is 0 Å². The number of hydrogen-bond acceptors (Lipinski definition) is 5. The molecular weight excluding hydrogens is 394 g/mol. The van der Waals surface area contributed by atoms with Gasteiger partial charge in [-0.3, -0.25) is 4.79 Å². The van der Waals surface area contributed by atoms with Crippen LogP contribution in [0.2, 0.25) is 0 Å². The molecule has 0 radical (unpaired) electrons. The van der Waals surface area contributed by atoms with E-state index in [2.05, 4.69) is 18.1 Å². The number of carbonyl (C=O) groups excluding carboxylic acids is 1. The van der Waals surface area contributed by atoms with Gasteiger partial charge in [0.1, 0.15) is 0 Å². The highest BCUT2D eigenvalue weighted by Crippen LogP contribution is 2.35. The van der Waals surface area contributed by atoms with Crippen LogP contribution in [0.4, 0.5) is 5.69 Å². The molecule has 1 aliphatic rings. The minimum Gasteiger partial charge on any atom is -0.308 e. The molecule has 2 atom stereocenters. The standard InChI is InChI=1S/C20H19N3OS3/c1-13-12-15-8-6-7-11-17(15)22(13)18(24)14(2)26-19-21-23(20(25)27-19)16-9-4-3-5-10-16/h3-11,13-14H,12H2,1-2H3/t13-,14+/m0/s1. The molecule has 0 N–H and O–H groups in total. The molecule has 0 fully saturated rings. The number of thioether (sulfide) groups is 1. The topological polar surface area (TPSA) is 38.1 Å². The minimum atomic E-state index is -0.233. The molecule has 0 saturated carbocycles.